The van der Waals surface area contributed by atoms with Gasteiger partial charge in [0.15, 0.2) is 0 Å². The highest BCUT2D eigenvalue weighted by molar-refractivity contribution is 7.79. The molecule has 0 aliphatic rings. The van der Waals surface area contributed by atoms with Gasteiger partial charge in [0, 0.05) is 40.8 Å². The van der Waals surface area contributed by atoms with Gasteiger partial charge in [-0.3, -0.25) is 18.7 Å². The Morgan fingerprint density at radius 3 is 2.33 bits per heavy atom. The first-order chi connectivity index (χ1) is 15.4. The normalized spacial score (nSPS) is 11.5. The molecule has 1 heterocycles. The Balaban J connectivity index is 0.000000281. The van der Waals surface area contributed by atoms with E-state index >= 15 is 0 Å². The van der Waals surface area contributed by atoms with E-state index in [9.17, 15) is 9.59 Å². The molecule has 0 radical (unpaired) electrons. The molecule has 3 aromatic rings. The van der Waals surface area contributed by atoms with Crippen LogP contribution in [-0.4, -0.2) is 41.1 Å². The monoisotopic (exact) mass is 518 g/mol. The van der Waals surface area contributed by atoms with Crippen LogP contribution in [0.3, 0.4) is 0 Å². The third-order valence-electron chi connectivity index (χ3n) is 3.93. The van der Waals surface area contributed by atoms with Crippen molar-refractivity contribution in [1.82, 2.24) is 10.3 Å². The predicted octanol–water partition coefficient (Wildman–Crippen LogP) is 3.91. The highest BCUT2D eigenvalue weighted by Crippen LogP contribution is 2.20. The molecule has 12 heteroatoms. The number of ether oxygens (including phenoxy) is 1. The van der Waals surface area contributed by atoms with Crippen molar-refractivity contribution in [2.75, 3.05) is 6.61 Å². The Kier molecular flexibility index (Phi) is 12.1. The molecule has 33 heavy (non-hydrogen) atoms. The van der Waals surface area contributed by atoms with Crippen LogP contribution >= 0.6 is 23.2 Å². The number of hydrogen-bond acceptors (Lipinski definition) is 5. The number of benzene rings is 2. The van der Waals surface area contributed by atoms with E-state index in [4.69, 9.17) is 45.5 Å². The Morgan fingerprint density at radius 1 is 1.12 bits per heavy atom. The average Bonchev–Trinajstić information content (AvgIpc) is 2.72. The number of fused-ring (bicyclic) bond motifs is 1. The zero-order chi connectivity index (χ0) is 25.0. The minimum absolute atomic E-state index is 0.107. The number of carbonyl (C=O) groups is 1. The molecule has 1 atom stereocenters. The molecular weight excluding hydrogens is 495 g/mol. The standard InChI is InChI=1S/C12H16ClNO2.C9H6ClNO.H2O4S/c1-3-16-9(2)12(15)14-8-10-6-4-5-7-11(10)13;10-8-3-1-2-6-4-9(12)11-5-7(6)8;1-5(2,3)4/h4-7,9H,3,8H2,1-2H3,(H,14,15);1-5H,(H,11,12);(H2,1,2,3,4). The summed E-state index contributed by atoms with van der Waals surface area (Å²) < 4.78 is 36.8. The molecule has 0 bridgehead atoms. The molecule has 1 amide bonds. The molecule has 0 spiro atoms. The summed E-state index contributed by atoms with van der Waals surface area (Å²) in [5, 5.41) is 5.83. The summed E-state index contributed by atoms with van der Waals surface area (Å²) in [5.41, 5.74) is 0.797. The number of aromatic amines is 1. The van der Waals surface area contributed by atoms with Crippen molar-refractivity contribution in [3.8, 4) is 0 Å². The second-order valence-corrected chi connectivity index (χ2v) is 8.10. The van der Waals surface area contributed by atoms with Crippen LogP contribution in [0.25, 0.3) is 10.8 Å². The van der Waals surface area contributed by atoms with Gasteiger partial charge in [-0.15, -0.1) is 0 Å². The minimum Gasteiger partial charge on any atom is -0.369 e. The van der Waals surface area contributed by atoms with E-state index in [1.165, 1.54) is 6.07 Å². The number of carbonyl (C=O) groups excluding carboxylic acids is 1. The van der Waals surface area contributed by atoms with Crippen molar-refractivity contribution in [1.29, 1.82) is 0 Å². The molecule has 4 N–H and O–H groups in total. The number of halogens is 2. The van der Waals surface area contributed by atoms with E-state index in [-0.39, 0.29) is 11.5 Å². The third-order valence-corrected chi connectivity index (χ3v) is 4.63. The van der Waals surface area contributed by atoms with E-state index in [0.717, 1.165) is 16.3 Å². The summed E-state index contributed by atoms with van der Waals surface area (Å²) in [6.45, 7) is 4.54. The van der Waals surface area contributed by atoms with E-state index in [1.54, 1.807) is 25.3 Å². The second-order valence-electron chi connectivity index (χ2n) is 6.39. The summed E-state index contributed by atoms with van der Waals surface area (Å²) in [4.78, 5) is 25.0. The third kappa shape index (κ3) is 11.8. The van der Waals surface area contributed by atoms with Gasteiger partial charge in [0.05, 0.1) is 0 Å². The van der Waals surface area contributed by atoms with Crippen LogP contribution in [-0.2, 0) is 26.5 Å². The molecule has 1 unspecified atom stereocenters. The van der Waals surface area contributed by atoms with Crippen LogP contribution in [0, 0.1) is 0 Å². The number of hydrogen-bond donors (Lipinski definition) is 4. The number of rotatable bonds is 5. The lowest BCUT2D eigenvalue weighted by Gasteiger charge is -2.12. The number of pyridine rings is 1. The van der Waals surface area contributed by atoms with Crippen LogP contribution in [0.1, 0.15) is 19.4 Å². The van der Waals surface area contributed by atoms with Crippen molar-refractivity contribution in [3.05, 3.63) is 80.7 Å². The summed E-state index contributed by atoms with van der Waals surface area (Å²) in [5.74, 6) is -0.123. The van der Waals surface area contributed by atoms with Crippen molar-refractivity contribution in [3.63, 3.8) is 0 Å². The van der Waals surface area contributed by atoms with Gasteiger partial charge >= 0.3 is 10.4 Å². The Bertz CT molecular complexity index is 1210. The van der Waals surface area contributed by atoms with Crippen LogP contribution in [0.2, 0.25) is 10.0 Å². The second kappa shape index (κ2) is 13.9. The molecule has 0 saturated carbocycles. The lowest BCUT2D eigenvalue weighted by molar-refractivity contribution is -0.131. The zero-order valence-corrected chi connectivity index (χ0v) is 20.1. The summed E-state index contributed by atoms with van der Waals surface area (Å²) in [7, 11) is -4.67. The van der Waals surface area contributed by atoms with Crippen molar-refractivity contribution < 1.29 is 27.1 Å². The van der Waals surface area contributed by atoms with Gasteiger partial charge < -0.3 is 15.0 Å². The molecule has 180 valence electrons. The van der Waals surface area contributed by atoms with Crippen LogP contribution in [0.5, 0.6) is 0 Å². The van der Waals surface area contributed by atoms with Crippen LogP contribution in [0.4, 0.5) is 0 Å². The molecular formula is C21H24Cl2N2O7S. The minimum atomic E-state index is -4.67. The highest BCUT2D eigenvalue weighted by Gasteiger charge is 2.12. The topological polar surface area (TPSA) is 146 Å². The number of amides is 1. The van der Waals surface area contributed by atoms with Gasteiger partial charge in [-0.25, -0.2) is 0 Å². The van der Waals surface area contributed by atoms with Crippen LogP contribution in [0.15, 0.2) is 59.5 Å². The summed E-state index contributed by atoms with van der Waals surface area (Å²) >= 11 is 11.9. The SMILES string of the molecule is CCOC(C)C(=O)NCc1ccccc1Cl.O=S(=O)(O)O.O=c1cc2cccc(Cl)c2c[nH]1. The molecule has 2 aromatic carbocycles. The molecule has 1 aromatic heterocycles. The molecule has 0 saturated heterocycles. The van der Waals surface area contributed by atoms with E-state index < -0.39 is 16.5 Å². The van der Waals surface area contributed by atoms with Gasteiger partial charge in [0.1, 0.15) is 6.10 Å². The van der Waals surface area contributed by atoms with Gasteiger partial charge in [0.2, 0.25) is 11.5 Å². The fraction of sp³-hybridized carbons (Fsp3) is 0.238. The van der Waals surface area contributed by atoms with Crippen LogP contribution < -0.4 is 10.9 Å². The molecule has 0 aliphatic carbocycles. The zero-order valence-electron chi connectivity index (χ0n) is 17.8. The molecule has 9 nitrogen and oxygen atoms in total. The fourth-order valence-corrected chi connectivity index (χ4v) is 2.89. The predicted molar refractivity (Wildman–Crippen MR) is 128 cm³/mol. The van der Waals surface area contributed by atoms with Crippen molar-refractivity contribution >= 4 is 50.3 Å². The van der Waals surface area contributed by atoms with E-state index in [1.807, 2.05) is 37.3 Å². The van der Waals surface area contributed by atoms with E-state index in [2.05, 4.69) is 10.3 Å². The largest absolute Gasteiger partial charge is 0.394 e. The highest BCUT2D eigenvalue weighted by atomic mass is 35.5. The van der Waals surface area contributed by atoms with Gasteiger partial charge in [0.25, 0.3) is 0 Å². The summed E-state index contributed by atoms with van der Waals surface area (Å²) in [6, 6.07) is 14.4. The average molecular weight is 519 g/mol. The quantitative estimate of drug-likeness (QED) is 0.374. The Labute approximate surface area is 201 Å². The maximum absolute atomic E-state index is 11.5. The Morgan fingerprint density at radius 2 is 1.73 bits per heavy atom. The maximum Gasteiger partial charge on any atom is 0.394 e. The van der Waals surface area contributed by atoms with Crippen molar-refractivity contribution in [2.45, 2.75) is 26.5 Å². The maximum atomic E-state index is 11.5. The first-order valence-electron chi connectivity index (χ1n) is 9.52. The molecule has 0 fully saturated rings. The smallest absolute Gasteiger partial charge is 0.369 e. The molecule has 3 rings (SSSR count). The first-order valence-corrected chi connectivity index (χ1v) is 11.7. The van der Waals surface area contributed by atoms with Gasteiger partial charge in [-0.2, -0.15) is 8.42 Å². The van der Waals surface area contributed by atoms with E-state index in [0.29, 0.717) is 23.2 Å². The fourth-order valence-electron chi connectivity index (χ4n) is 2.45. The van der Waals surface area contributed by atoms with Gasteiger partial charge in [-0.05, 0) is 36.9 Å². The lowest BCUT2D eigenvalue weighted by Crippen LogP contribution is -2.34. The summed E-state index contributed by atoms with van der Waals surface area (Å²) in [6.07, 6.45) is 1.20. The number of H-pyrrole nitrogens is 1. The first kappa shape index (κ1) is 28.6. The lowest BCUT2D eigenvalue weighted by atomic mass is 10.2. The number of aromatic nitrogens is 1. The number of nitrogens with one attached hydrogen (secondary N) is 2. The Hall–Kier alpha value is -2.47. The molecule has 0 aliphatic heterocycles. The van der Waals surface area contributed by atoms with Gasteiger partial charge in [-0.1, -0.05) is 53.5 Å². The van der Waals surface area contributed by atoms with Crippen molar-refractivity contribution in [2.24, 2.45) is 0 Å².